The highest BCUT2D eigenvalue weighted by atomic mass is 32.2. The third-order valence-electron chi connectivity index (χ3n) is 5.42. The molecule has 2 heterocycles. The van der Waals surface area contributed by atoms with Crippen molar-refractivity contribution in [3.05, 3.63) is 42.2 Å². The monoisotopic (exact) mass is 460 g/mol. The van der Waals surface area contributed by atoms with Gasteiger partial charge >= 0.3 is 6.09 Å². The second kappa shape index (κ2) is 9.54. The zero-order valence-electron chi connectivity index (χ0n) is 19.4. The predicted molar refractivity (Wildman–Crippen MR) is 123 cm³/mol. The number of hydrogen-bond acceptors (Lipinski definition) is 7. The van der Waals surface area contributed by atoms with E-state index < -0.39 is 15.4 Å². The summed E-state index contributed by atoms with van der Waals surface area (Å²) in [7, 11) is -1.15. The van der Waals surface area contributed by atoms with E-state index in [9.17, 15) is 13.2 Å². The van der Waals surface area contributed by atoms with Crippen LogP contribution in [0.5, 0.6) is 0 Å². The van der Waals surface area contributed by atoms with Crippen LogP contribution in [0, 0.1) is 0 Å². The minimum Gasteiger partial charge on any atom is -0.444 e. The summed E-state index contributed by atoms with van der Waals surface area (Å²) >= 11 is 0. The Balaban J connectivity index is 1.54. The Morgan fingerprint density at radius 3 is 2.19 bits per heavy atom. The Hall–Kier alpha value is -2.52. The molecule has 0 atom stereocenters. The second-order valence-corrected chi connectivity index (χ2v) is 11.3. The van der Waals surface area contributed by atoms with Crippen LogP contribution in [0.4, 0.5) is 4.79 Å². The number of ether oxygens (including phenoxy) is 1. The average Bonchev–Trinajstić information content (AvgIpc) is 2.72. The zero-order chi connectivity index (χ0) is 23.5. The van der Waals surface area contributed by atoms with Gasteiger partial charge in [-0.05, 0) is 64.9 Å². The Morgan fingerprint density at radius 1 is 1.12 bits per heavy atom. The first-order valence-corrected chi connectivity index (χ1v) is 12.6. The fraction of sp³-hybridized carbons (Fsp3) is 0.522. The highest BCUT2D eigenvalue weighted by Crippen LogP contribution is 2.21. The van der Waals surface area contributed by atoms with Gasteiger partial charge in [0.15, 0.2) is 15.7 Å². The quantitative estimate of drug-likeness (QED) is 0.675. The molecule has 0 N–H and O–H groups in total. The van der Waals surface area contributed by atoms with Crippen LogP contribution in [0.1, 0.15) is 39.2 Å². The van der Waals surface area contributed by atoms with Gasteiger partial charge in [-0.2, -0.15) is 0 Å². The van der Waals surface area contributed by atoms with E-state index in [-0.39, 0.29) is 11.0 Å². The van der Waals surface area contributed by atoms with Crippen LogP contribution in [0.15, 0.2) is 41.6 Å². The van der Waals surface area contributed by atoms with Gasteiger partial charge in [0, 0.05) is 55.5 Å². The zero-order valence-corrected chi connectivity index (χ0v) is 20.2. The minimum atomic E-state index is -3.22. The van der Waals surface area contributed by atoms with E-state index in [0.717, 1.165) is 24.0 Å². The van der Waals surface area contributed by atoms with E-state index >= 15 is 0 Å². The molecule has 174 valence electrons. The molecule has 1 amide bonds. The number of carbonyl (C=O) groups is 1. The maximum atomic E-state index is 12.2. The summed E-state index contributed by atoms with van der Waals surface area (Å²) in [6.07, 6.45) is 6.33. The molecule has 1 aliphatic heterocycles. The Bertz CT molecular complexity index is 1020. The molecule has 1 aliphatic rings. The van der Waals surface area contributed by atoms with Gasteiger partial charge in [0.25, 0.3) is 0 Å². The Labute approximate surface area is 190 Å². The van der Waals surface area contributed by atoms with E-state index in [1.165, 1.54) is 6.26 Å². The molecule has 0 bridgehead atoms. The summed E-state index contributed by atoms with van der Waals surface area (Å²) in [4.78, 5) is 25.5. The molecule has 0 spiro atoms. The number of amides is 1. The maximum absolute atomic E-state index is 12.2. The summed E-state index contributed by atoms with van der Waals surface area (Å²) in [5, 5.41) is 0. The number of nitrogens with zero attached hydrogens (tertiary/aromatic N) is 4. The molecule has 1 aromatic heterocycles. The molecule has 8 nitrogen and oxygen atoms in total. The Morgan fingerprint density at radius 2 is 1.69 bits per heavy atom. The lowest BCUT2D eigenvalue weighted by atomic mass is 10.0. The summed E-state index contributed by atoms with van der Waals surface area (Å²) in [6.45, 7) is 7.71. The standard InChI is InChI=1S/C23H32N4O4S/c1-23(2,3)31-22(28)27-12-10-19(11-13-27)26(4)16-17-14-24-21(25-15-17)18-6-8-20(9-7-18)32(5,29)30/h6-9,14-15,19H,10-13,16H2,1-5H3. The number of benzene rings is 1. The average molecular weight is 461 g/mol. The molecule has 1 aromatic carbocycles. The minimum absolute atomic E-state index is 0.243. The lowest BCUT2D eigenvalue weighted by molar-refractivity contribution is 0.0153. The lowest BCUT2D eigenvalue weighted by Crippen LogP contribution is -2.46. The molecule has 1 saturated heterocycles. The van der Waals surface area contributed by atoms with E-state index in [1.807, 2.05) is 20.8 Å². The van der Waals surface area contributed by atoms with Crippen LogP contribution in [-0.2, 0) is 21.1 Å². The van der Waals surface area contributed by atoms with Crippen molar-refractivity contribution in [3.8, 4) is 11.4 Å². The van der Waals surface area contributed by atoms with Crippen molar-refractivity contribution in [3.63, 3.8) is 0 Å². The normalized spacial score (nSPS) is 15.8. The van der Waals surface area contributed by atoms with Crippen molar-refractivity contribution in [1.29, 1.82) is 0 Å². The molecular formula is C23H32N4O4S. The van der Waals surface area contributed by atoms with Crippen molar-refractivity contribution in [2.24, 2.45) is 0 Å². The molecule has 0 unspecified atom stereocenters. The number of likely N-dealkylation sites (tertiary alicyclic amines) is 1. The SMILES string of the molecule is CN(Cc1cnc(-c2ccc(S(C)(=O)=O)cc2)nc1)C1CCN(C(=O)OC(C)(C)C)CC1. The van der Waals surface area contributed by atoms with Gasteiger partial charge in [0.2, 0.25) is 0 Å². The van der Waals surface area contributed by atoms with Gasteiger partial charge in [0.1, 0.15) is 5.60 Å². The summed E-state index contributed by atoms with van der Waals surface area (Å²) in [5.74, 6) is 0.558. The van der Waals surface area contributed by atoms with Crippen molar-refractivity contribution in [2.75, 3.05) is 26.4 Å². The van der Waals surface area contributed by atoms with Crippen LogP contribution < -0.4 is 0 Å². The second-order valence-electron chi connectivity index (χ2n) is 9.33. The molecule has 0 aliphatic carbocycles. The molecule has 0 radical (unpaired) electrons. The van der Waals surface area contributed by atoms with E-state index in [0.29, 0.717) is 31.5 Å². The fourth-order valence-electron chi connectivity index (χ4n) is 3.67. The Kier molecular flexibility index (Phi) is 7.19. The molecule has 3 rings (SSSR count). The van der Waals surface area contributed by atoms with Gasteiger partial charge < -0.3 is 9.64 Å². The molecule has 9 heteroatoms. The molecule has 0 saturated carbocycles. The number of piperidine rings is 1. The van der Waals surface area contributed by atoms with Gasteiger partial charge in [-0.25, -0.2) is 23.2 Å². The summed E-state index contributed by atoms with van der Waals surface area (Å²) in [6, 6.07) is 6.95. The highest BCUT2D eigenvalue weighted by molar-refractivity contribution is 7.90. The largest absolute Gasteiger partial charge is 0.444 e. The molecular weight excluding hydrogens is 428 g/mol. The van der Waals surface area contributed by atoms with Crippen LogP contribution in [-0.4, -0.2) is 72.3 Å². The summed E-state index contributed by atoms with van der Waals surface area (Å²) in [5.41, 5.74) is 1.29. The van der Waals surface area contributed by atoms with Crippen molar-refractivity contribution < 1.29 is 17.9 Å². The van der Waals surface area contributed by atoms with Gasteiger partial charge in [-0.3, -0.25) is 4.90 Å². The van der Waals surface area contributed by atoms with Crippen molar-refractivity contribution in [2.45, 2.75) is 56.7 Å². The van der Waals surface area contributed by atoms with E-state index in [4.69, 9.17) is 4.74 Å². The first kappa shape index (κ1) is 24.1. The number of carbonyl (C=O) groups excluding carboxylic acids is 1. The fourth-order valence-corrected chi connectivity index (χ4v) is 4.30. The first-order chi connectivity index (χ1) is 14.9. The number of aromatic nitrogens is 2. The smallest absolute Gasteiger partial charge is 0.410 e. The van der Waals surface area contributed by atoms with E-state index in [1.54, 1.807) is 41.6 Å². The third kappa shape index (κ3) is 6.49. The van der Waals surface area contributed by atoms with Crippen molar-refractivity contribution in [1.82, 2.24) is 19.8 Å². The number of sulfone groups is 1. The predicted octanol–water partition coefficient (Wildman–Crippen LogP) is 3.38. The molecule has 1 fully saturated rings. The number of rotatable bonds is 5. The first-order valence-electron chi connectivity index (χ1n) is 10.7. The lowest BCUT2D eigenvalue weighted by Gasteiger charge is -2.37. The maximum Gasteiger partial charge on any atom is 0.410 e. The topological polar surface area (TPSA) is 92.7 Å². The van der Waals surface area contributed by atoms with E-state index in [2.05, 4.69) is 21.9 Å². The van der Waals surface area contributed by atoms with Gasteiger partial charge in [0.05, 0.1) is 4.90 Å². The molecule has 2 aromatic rings. The highest BCUT2D eigenvalue weighted by Gasteiger charge is 2.28. The molecule has 32 heavy (non-hydrogen) atoms. The van der Waals surface area contributed by atoms with Gasteiger partial charge in [-0.1, -0.05) is 0 Å². The number of hydrogen-bond donors (Lipinski definition) is 0. The van der Waals surface area contributed by atoms with Gasteiger partial charge in [-0.15, -0.1) is 0 Å². The van der Waals surface area contributed by atoms with Crippen LogP contribution in [0.3, 0.4) is 0 Å². The van der Waals surface area contributed by atoms with Crippen LogP contribution in [0.2, 0.25) is 0 Å². The van der Waals surface area contributed by atoms with Crippen LogP contribution in [0.25, 0.3) is 11.4 Å². The third-order valence-corrected chi connectivity index (χ3v) is 6.55. The van der Waals surface area contributed by atoms with Crippen molar-refractivity contribution >= 4 is 15.9 Å². The summed E-state index contributed by atoms with van der Waals surface area (Å²) < 4.78 is 28.7. The van der Waals surface area contributed by atoms with Crippen LogP contribution >= 0.6 is 0 Å².